The Morgan fingerprint density at radius 3 is 2.67 bits per heavy atom. The van der Waals surface area contributed by atoms with E-state index in [1.54, 1.807) is 10.6 Å². The second-order valence-electron chi connectivity index (χ2n) is 3.51. The normalized spacial score (nSPS) is 10.7. The molecule has 0 fully saturated rings. The smallest absolute Gasteiger partial charge is 0.250 e. The Hall–Kier alpha value is -1.05. The molecule has 0 saturated carbocycles. The first-order chi connectivity index (χ1) is 5.61. The van der Waals surface area contributed by atoms with E-state index in [-0.39, 0.29) is 5.56 Å². The first kappa shape index (κ1) is 9.04. The molecule has 0 N–H and O–H groups in total. The summed E-state index contributed by atoms with van der Waals surface area (Å²) in [6.45, 7) is 4.30. The molecule has 0 spiro atoms. The molecule has 1 rings (SSSR count). The van der Waals surface area contributed by atoms with Crippen molar-refractivity contribution >= 4 is 0 Å². The number of aromatic nitrogens is 1. The molecule has 0 aliphatic heterocycles. The van der Waals surface area contributed by atoms with Gasteiger partial charge in [0, 0.05) is 18.8 Å². The highest BCUT2D eigenvalue weighted by molar-refractivity contribution is 5.06. The van der Waals surface area contributed by atoms with E-state index < -0.39 is 0 Å². The van der Waals surface area contributed by atoms with Gasteiger partial charge in [0.05, 0.1) is 0 Å². The third-order valence-corrected chi connectivity index (χ3v) is 1.91. The number of hydrogen-bond acceptors (Lipinski definition) is 1. The lowest BCUT2D eigenvalue weighted by atomic mass is 10.1. The van der Waals surface area contributed by atoms with Crippen LogP contribution in [0.15, 0.2) is 23.0 Å². The summed E-state index contributed by atoms with van der Waals surface area (Å²) in [7, 11) is 1.82. The van der Waals surface area contributed by atoms with Crippen LogP contribution in [-0.4, -0.2) is 4.57 Å². The zero-order chi connectivity index (χ0) is 9.14. The van der Waals surface area contributed by atoms with Gasteiger partial charge in [-0.3, -0.25) is 4.79 Å². The van der Waals surface area contributed by atoms with E-state index in [0.29, 0.717) is 5.92 Å². The van der Waals surface area contributed by atoms with Gasteiger partial charge in [0.1, 0.15) is 0 Å². The molecule has 1 aromatic heterocycles. The Kier molecular flexibility index (Phi) is 2.69. The molecular weight excluding hydrogens is 150 g/mol. The van der Waals surface area contributed by atoms with Gasteiger partial charge in [-0.05, 0) is 18.4 Å². The molecule has 2 nitrogen and oxygen atoms in total. The number of pyridine rings is 1. The van der Waals surface area contributed by atoms with Gasteiger partial charge in [-0.25, -0.2) is 0 Å². The molecule has 0 unspecified atom stereocenters. The molecule has 0 saturated heterocycles. The second kappa shape index (κ2) is 3.57. The zero-order valence-electron chi connectivity index (χ0n) is 7.87. The number of hydrogen-bond donors (Lipinski definition) is 0. The summed E-state index contributed by atoms with van der Waals surface area (Å²) in [6, 6.07) is 5.41. The number of nitrogens with zero attached hydrogens (tertiary/aromatic N) is 1. The molecule has 1 aromatic rings. The minimum absolute atomic E-state index is 0.0770. The molecule has 66 valence electrons. The van der Waals surface area contributed by atoms with E-state index in [9.17, 15) is 4.79 Å². The maximum Gasteiger partial charge on any atom is 0.250 e. The lowest BCUT2D eigenvalue weighted by molar-refractivity contribution is 0.606. The van der Waals surface area contributed by atoms with Gasteiger partial charge in [-0.15, -0.1) is 0 Å². The summed E-state index contributed by atoms with van der Waals surface area (Å²) in [5, 5.41) is 0. The molecule has 1 heterocycles. The van der Waals surface area contributed by atoms with Gasteiger partial charge < -0.3 is 4.57 Å². The third-order valence-electron chi connectivity index (χ3n) is 1.91. The van der Waals surface area contributed by atoms with Gasteiger partial charge in [0.15, 0.2) is 0 Å². The molecular formula is C10H15NO. The fourth-order valence-corrected chi connectivity index (χ4v) is 1.23. The first-order valence-corrected chi connectivity index (χ1v) is 4.26. The lowest BCUT2D eigenvalue weighted by Gasteiger charge is -2.08. The van der Waals surface area contributed by atoms with Gasteiger partial charge in [0.2, 0.25) is 5.56 Å². The van der Waals surface area contributed by atoms with Crippen LogP contribution < -0.4 is 5.56 Å². The van der Waals surface area contributed by atoms with Gasteiger partial charge in [0.25, 0.3) is 0 Å². The van der Waals surface area contributed by atoms with Crippen molar-refractivity contribution in [2.24, 2.45) is 13.0 Å². The van der Waals surface area contributed by atoms with E-state index in [1.165, 1.54) is 0 Å². The Morgan fingerprint density at radius 2 is 2.08 bits per heavy atom. The predicted molar refractivity (Wildman–Crippen MR) is 50.2 cm³/mol. The van der Waals surface area contributed by atoms with Gasteiger partial charge >= 0.3 is 0 Å². The van der Waals surface area contributed by atoms with Crippen LogP contribution in [0.1, 0.15) is 19.5 Å². The van der Waals surface area contributed by atoms with Gasteiger partial charge in [-0.1, -0.05) is 19.9 Å². The van der Waals surface area contributed by atoms with Crippen molar-refractivity contribution in [1.82, 2.24) is 4.57 Å². The maximum absolute atomic E-state index is 11.2. The van der Waals surface area contributed by atoms with E-state index in [2.05, 4.69) is 13.8 Å². The maximum atomic E-state index is 11.2. The third kappa shape index (κ3) is 1.97. The molecule has 0 atom stereocenters. The molecule has 0 aliphatic rings. The van der Waals surface area contributed by atoms with Crippen LogP contribution in [0.25, 0.3) is 0 Å². The Bertz CT molecular complexity index is 312. The van der Waals surface area contributed by atoms with E-state index >= 15 is 0 Å². The molecule has 0 radical (unpaired) electrons. The van der Waals surface area contributed by atoms with Crippen molar-refractivity contribution in [3.05, 3.63) is 34.2 Å². The quantitative estimate of drug-likeness (QED) is 0.652. The van der Waals surface area contributed by atoms with Crippen LogP contribution in [0.4, 0.5) is 0 Å². The van der Waals surface area contributed by atoms with Crippen LogP contribution in [-0.2, 0) is 13.5 Å². The highest BCUT2D eigenvalue weighted by Gasteiger charge is 2.00. The fourth-order valence-electron chi connectivity index (χ4n) is 1.23. The molecule has 12 heavy (non-hydrogen) atoms. The van der Waals surface area contributed by atoms with Crippen LogP contribution in [0.5, 0.6) is 0 Å². The average Bonchev–Trinajstić information content (AvgIpc) is 1.98. The average molecular weight is 165 g/mol. The van der Waals surface area contributed by atoms with Crippen LogP contribution in [0.2, 0.25) is 0 Å². The minimum Gasteiger partial charge on any atom is -0.316 e. The summed E-state index contributed by atoms with van der Waals surface area (Å²) in [5.74, 6) is 0.595. The second-order valence-corrected chi connectivity index (χ2v) is 3.51. The number of rotatable bonds is 2. The van der Waals surface area contributed by atoms with Crippen LogP contribution >= 0.6 is 0 Å². The van der Waals surface area contributed by atoms with Crippen molar-refractivity contribution < 1.29 is 0 Å². The Labute approximate surface area is 72.8 Å². The van der Waals surface area contributed by atoms with E-state index in [1.807, 2.05) is 19.2 Å². The first-order valence-electron chi connectivity index (χ1n) is 4.26. The van der Waals surface area contributed by atoms with E-state index in [0.717, 1.165) is 12.1 Å². The monoisotopic (exact) mass is 165 g/mol. The van der Waals surface area contributed by atoms with Crippen molar-refractivity contribution in [2.45, 2.75) is 20.3 Å². The largest absolute Gasteiger partial charge is 0.316 e. The topological polar surface area (TPSA) is 22.0 Å². The fraction of sp³-hybridized carbons (Fsp3) is 0.500. The van der Waals surface area contributed by atoms with Crippen LogP contribution in [0, 0.1) is 5.92 Å². The lowest BCUT2D eigenvalue weighted by Crippen LogP contribution is -2.19. The predicted octanol–water partition coefficient (Wildman–Crippen LogP) is 1.58. The molecule has 0 aliphatic carbocycles. The van der Waals surface area contributed by atoms with Crippen molar-refractivity contribution in [1.29, 1.82) is 0 Å². The van der Waals surface area contributed by atoms with Crippen molar-refractivity contribution in [2.75, 3.05) is 0 Å². The molecule has 2 heteroatoms. The van der Waals surface area contributed by atoms with Crippen LogP contribution in [0.3, 0.4) is 0 Å². The highest BCUT2D eigenvalue weighted by Crippen LogP contribution is 2.04. The summed E-state index contributed by atoms with van der Waals surface area (Å²) >= 11 is 0. The van der Waals surface area contributed by atoms with Gasteiger partial charge in [-0.2, -0.15) is 0 Å². The molecule has 0 amide bonds. The molecule has 0 bridgehead atoms. The van der Waals surface area contributed by atoms with E-state index in [4.69, 9.17) is 0 Å². The zero-order valence-corrected chi connectivity index (χ0v) is 7.87. The van der Waals surface area contributed by atoms with Crippen molar-refractivity contribution in [3.63, 3.8) is 0 Å². The summed E-state index contributed by atoms with van der Waals surface area (Å²) in [6.07, 6.45) is 0.965. The molecule has 0 aromatic carbocycles. The Balaban J connectivity index is 3.00. The van der Waals surface area contributed by atoms with Crippen molar-refractivity contribution in [3.8, 4) is 0 Å². The Morgan fingerprint density at radius 1 is 1.42 bits per heavy atom. The summed E-state index contributed by atoms with van der Waals surface area (Å²) in [4.78, 5) is 11.2. The standard InChI is InChI=1S/C10H15NO/c1-8(2)7-9-5-4-6-10(12)11(9)3/h4-6,8H,7H2,1-3H3. The summed E-state index contributed by atoms with van der Waals surface area (Å²) < 4.78 is 1.71. The summed E-state index contributed by atoms with van der Waals surface area (Å²) in [5.41, 5.74) is 1.19. The highest BCUT2D eigenvalue weighted by atomic mass is 16.1. The minimum atomic E-state index is 0.0770. The SMILES string of the molecule is CC(C)Cc1cccc(=O)n1C.